The summed E-state index contributed by atoms with van der Waals surface area (Å²) >= 11 is 5.13. The number of halogens is 1. The van der Waals surface area contributed by atoms with Gasteiger partial charge in [0.15, 0.2) is 0 Å². The largest absolute Gasteiger partial charge is 0.497 e. The molecule has 1 aromatic heterocycles. The third-order valence-corrected chi connectivity index (χ3v) is 4.57. The van der Waals surface area contributed by atoms with Crippen molar-refractivity contribution in [3.05, 3.63) is 50.1 Å². The molecule has 2 aromatic rings. The van der Waals surface area contributed by atoms with Crippen LogP contribution < -0.4 is 4.74 Å². The molecular formula is C14H15BrO2S. The summed E-state index contributed by atoms with van der Waals surface area (Å²) in [6, 6.07) is 5.80. The van der Waals surface area contributed by atoms with Gasteiger partial charge < -0.3 is 9.84 Å². The number of aliphatic hydroxyl groups is 1. The first kappa shape index (κ1) is 13.6. The summed E-state index contributed by atoms with van der Waals surface area (Å²) in [5.41, 5.74) is 3.20. The molecule has 1 unspecified atom stereocenters. The lowest BCUT2D eigenvalue weighted by Crippen LogP contribution is -2.03. The summed E-state index contributed by atoms with van der Waals surface area (Å²) in [4.78, 5) is 0. The maximum atomic E-state index is 10.3. The summed E-state index contributed by atoms with van der Waals surface area (Å²) in [6.07, 6.45) is 0.106. The lowest BCUT2D eigenvalue weighted by atomic mass is 10.0. The van der Waals surface area contributed by atoms with Gasteiger partial charge in [0.25, 0.3) is 0 Å². The second-order valence-electron chi connectivity index (χ2n) is 4.19. The van der Waals surface area contributed by atoms with E-state index in [0.29, 0.717) is 6.42 Å². The summed E-state index contributed by atoms with van der Waals surface area (Å²) < 4.78 is 6.20. The fourth-order valence-electron chi connectivity index (χ4n) is 1.86. The Labute approximate surface area is 119 Å². The van der Waals surface area contributed by atoms with Crippen LogP contribution in [0.15, 0.2) is 33.4 Å². The summed E-state index contributed by atoms with van der Waals surface area (Å²) in [5, 5.41) is 14.3. The van der Waals surface area contributed by atoms with Crippen molar-refractivity contribution in [1.82, 2.24) is 0 Å². The highest BCUT2D eigenvalue weighted by atomic mass is 79.9. The molecule has 18 heavy (non-hydrogen) atoms. The van der Waals surface area contributed by atoms with Crippen molar-refractivity contribution < 1.29 is 9.84 Å². The van der Waals surface area contributed by atoms with Gasteiger partial charge in [-0.25, -0.2) is 0 Å². The van der Waals surface area contributed by atoms with Gasteiger partial charge in [0.1, 0.15) is 5.75 Å². The van der Waals surface area contributed by atoms with E-state index in [1.807, 2.05) is 30.5 Å². The topological polar surface area (TPSA) is 29.5 Å². The third kappa shape index (κ3) is 2.94. The van der Waals surface area contributed by atoms with Crippen molar-refractivity contribution in [2.24, 2.45) is 0 Å². The third-order valence-electron chi connectivity index (χ3n) is 2.92. The summed E-state index contributed by atoms with van der Waals surface area (Å²) in [5.74, 6) is 0.808. The van der Waals surface area contributed by atoms with Crippen LogP contribution in [0.4, 0.5) is 0 Å². The van der Waals surface area contributed by atoms with Crippen molar-refractivity contribution in [2.75, 3.05) is 7.11 Å². The highest BCUT2D eigenvalue weighted by Gasteiger charge is 2.14. The Balaban J connectivity index is 2.21. The number of benzene rings is 1. The number of methoxy groups -OCH3 is 1. The molecular weight excluding hydrogens is 312 g/mol. The molecule has 1 aromatic carbocycles. The van der Waals surface area contributed by atoms with E-state index < -0.39 is 6.10 Å². The van der Waals surface area contributed by atoms with Gasteiger partial charge in [0, 0.05) is 10.9 Å². The second kappa shape index (κ2) is 5.87. The summed E-state index contributed by atoms with van der Waals surface area (Å²) in [7, 11) is 1.65. The predicted molar refractivity (Wildman–Crippen MR) is 78.4 cm³/mol. The Bertz CT molecular complexity index is 536. The van der Waals surface area contributed by atoms with Gasteiger partial charge in [-0.1, -0.05) is 15.9 Å². The molecule has 0 aliphatic carbocycles. The van der Waals surface area contributed by atoms with Crippen LogP contribution in [0.5, 0.6) is 5.75 Å². The van der Waals surface area contributed by atoms with Crippen molar-refractivity contribution in [2.45, 2.75) is 19.4 Å². The van der Waals surface area contributed by atoms with E-state index in [0.717, 1.165) is 26.9 Å². The molecule has 0 aliphatic heterocycles. The van der Waals surface area contributed by atoms with Gasteiger partial charge >= 0.3 is 0 Å². The first-order valence-corrected chi connectivity index (χ1v) is 7.38. The number of rotatable bonds is 4. The minimum atomic E-state index is -0.473. The molecule has 0 spiro atoms. The molecule has 0 fully saturated rings. The fraction of sp³-hybridized carbons (Fsp3) is 0.286. The quantitative estimate of drug-likeness (QED) is 0.916. The van der Waals surface area contributed by atoms with Crippen molar-refractivity contribution >= 4 is 27.3 Å². The molecule has 1 N–H and O–H groups in total. The zero-order valence-electron chi connectivity index (χ0n) is 10.3. The molecule has 1 heterocycles. The minimum absolute atomic E-state index is 0.473. The lowest BCUT2D eigenvalue weighted by Gasteiger charge is -2.13. The van der Waals surface area contributed by atoms with Crippen LogP contribution in [0.25, 0.3) is 0 Å². The number of hydrogen-bond acceptors (Lipinski definition) is 3. The van der Waals surface area contributed by atoms with Gasteiger partial charge in [-0.3, -0.25) is 0 Å². The van der Waals surface area contributed by atoms with Crippen LogP contribution in [0, 0.1) is 6.92 Å². The van der Waals surface area contributed by atoms with Gasteiger partial charge in [-0.05, 0) is 52.6 Å². The Morgan fingerprint density at radius 2 is 2.17 bits per heavy atom. The average Bonchev–Trinajstić information content (AvgIpc) is 2.78. The zero-order chi connectivity index (χ0) is 13.1. The molecule has 0 amide bonds. The molecule has 2 nitrogen and oxygen atoms in total. The molecule has 0 aliphatic rings. The maximum absolute atomic E-state index is 10.3. The first-order valence-electron chi connectivity index (χ1n) is 5.65. The van der Waals surface area contributed by atoms with Crippen LogP contribution >= 0.6 is 27.3 Å². The summed E-state index contributed by atoms with van der Waals surface area (Å²) in [6.45, 7) is 2.02. The van der Waals surface area contributed by atoms with E-state index in [2.05, 4.69) is 21.3 Å². The van der Waals surface area contributed by atoms with Crippen LogP contribution in [0.3, 0.4) is 0 Å². The van der Waals surface area contributed by atoms with Gasteiger partial charge in [0.05, 0.1) is 13.2 Å². The molecule has 0 saturated heterocycles. The lowest BCUT2D eigenvalue weighted by molar-refractivity contribution is 0.178. The minimum Gasteiger partial charge on any atom is -0.497 e. The molecule has 96 valence electrons. The van der Waals surface area contributed by atoms with Gasteiger partial charge in [0.2, 0.25) is 0 Å². The Morgan fingerprint density at radius 1 is 1.39 bits per heavy atom. The first-order chi connectivity index (χ1) is 8.61. The Morgan fingerprint density at radius 3 is 2.78 bits per heavy atom. The molecule has 0 saturated carbocycles. The van der Waals surface area contributed by atoms with Crippen LogP contribution in [-0.4, -0.2) is 12.2 Å². The smallest absolute Gasteiger partial charge is 0.119 e. The highest BCUT2D eigenvalue weighted by molar-refractivity contribution is 9.10. The van der Waals surface area contributed by atoms with E-state index in [1.54, 1.807) is 18.4 Å². The van der Waals surface area contributed by atoms with Gasteiger partial charge in [-0.2, -0.15) is 11.3 Å². The van der Waals surface area contributed by atoms with E-state index in [4.69, 9.17) is 4.74 Å². The monoisotopic (exact) mass is 326 g/mol. The number of thiophene rings is 1. The second-order valence-corrected chi connectivity index (χ2v) is 5.79. The number of ether oxygens (including phenoxy) is 1. The number of aryl methyl sites for hydroxylation is 1. The predicted octanol–water partition coefficient (Wildman–Crippen LogP) is 4.10. The highest BCUT2D eigenvalue weighted by Crippen LogP contribution is 2.29. The zero-order valence-corrected chi connectivity index (χ0v) is 12.7. The Hall–Kier alpha value is -0.840. The number of hydrogen-bond donors (Lipinski definition) is 1. The molecule has 2 rings (SSSR count). The van der Waals surface area contributed by atoms with Crippen LogP contribution in [-0.2, 0) is 6.42 Å². The van der Waals surface area contributed by atoms with E-state index in [1.165, 1.54) is 0 Å². The molecule has 0 bridgehead atoms. The average molecular weight is 327 g/mol. The fourth-order valence-corrected chi connectivity index (χ4v) is 3.17. The standard InChI is InChI=1S/C14H15BrO2S/c1-9-7-18-8-12(9)14(16)6-10-5-11(17-2)3-4-13(10)15/h3-5,7-8,14,16H,6H2,1-2H3. The van der Waals surface area contributed by atoms with E-state index in [-0.39, 0.29) is 0 Å². The van der Waals surface area contributed by atoms with Crippen molar-refractivity contribution in [3.8, 4) is 5.75 Å². The van der Waals surface area contributed by atoms with Crippen molar-refractivity contribution in [1.29, 1.82) is 0 Å². The van der Waals surface area contributed by atoms with E-state index >= 15 is 0 Å². The van der Waals surface area contributed by atoms with Crippen LogP contribution in [0.1, 0.15) is 22.8 Å². The normalized spacial score (nSPS) is 12.4. The van der Waals surface area contributed by atoms with Crippen LogP contribution in [0.2, 0.25) is 0 Å². The molecule has 1 atom stereocenters. The van der Waals surface area contributed by atoms with E-state index in [9.17, 15) is 5.11 Å². The van der Waals surface area contributed by atoms with Gasteiger partial charge in [-0.15, -0.1) is 0 Å². The SMILES string of the molecule is COc1ccc(Br)c(CC(O)c2cscc2C)c1. The van der Waals surface area contributed by atoms with Crippen molar-refractivity contribution in [3.63, 3.8) is 0 Å². The number of aliphatic hydroxyl groups excluding tert-OH is 1. The molecule has 0 radical (unpaired) electrons. The maximum Gasteiger partial charge on any atom is 0.119 e. The molecule has 4 heteroatoms. The Kier molecular flexibility index (Phi) is 4.43.